The van der Waals surface area contributed by atoms with E-state index in [9.17, 15) is 0 Å². The fourth-order valence-corrected chi connectivity index (χ4v) is 2.24. The molecule has 0 spiro atoms. The van der Waals surface area contributed by atoms with Crippen LogP contribution >= 0.6 is 11.6 Å². The van der Waals surface area contributed by atoms with Crippen molar-refractivity contribution in [2.75, 3.05) is 25.1 Å². The molecule has 0 amide bonds. The number of unbranched alkanes of at least 4 members (excludes halogenated alkanes) is 2. The Labute approximate surface area is 127 Å². The van der Waals surface area contributed by atoms with E-state index in [1.807, 2.05) is 6.07 Å². The number of halogens is 1. The minimum absolute atomic E-state index is 0.285. The smallest absolute Gasteiger partial charge is 0.0471 e. The van der Waals surface area contributed by atoms with Crippen LogP contribution in [0.1, 0.15) is 38.7 Å². The number of nitrogens with zero attached hydrogens (tertiary/aromatic N) is 1. The molecule has 0 bridgehead atoms. The van der Waals surface area contributed by atoms with Crippen LogP contribution in [0.4, 0.5) is 5.69 Å². The molecule has 0 unspecified atom stereocenters. The van der Waals surface area contributed by atoms with Crippen molar-refractivity contribution in [1.29, 1.82) is 0 Å². The molecule has 0 aromatic heterocycles. The Hall–Kier alpha value is -0.770. The zero-order valence-corrected chi connectivity index (χ0v) is 13.6. The number of anilines is 1. The first-order valence-corrected chi connectivity index (χ1v) is 7.76. The molecule has 0 aliphatic heterocycles. The molecule has 0 aliphatic carbocycles. The van der Waals surface area contributed by atoms with Crippen molar-refractivity contribution in [2.24, 2.45) is 0 Å². The Morgan fingerprint density at radius 3 is 2.60 bits per heavy atom. The topological polar surface area (TPSA) is 35.5 Å². The van der Waals surface area contributed by atoms with Crippen LogP contribution in [0.25, 0.3) is 0 Å². The van der Waals surface area contributed by atoms with Crippen molar-refractivity contribution >= 4 is 17.3 Å². The zero-order chi connectivity index (χ0) is 15.0. The Balaban J connectivity index is 2.52. The van der Waals surface area contributed by atoms with E-state index in [4.69, 9.17) is 16.7 Å². The number of nitrogens with one attached hydrogen (secondary N) is 1. The lowest BCUT2D eigenvalue weighted by atomic mass is 10.1. The van der Waals surface area contributed by atoms with Crippen LogP contribution in [0.2, 0.25) is 5.02 Å². The molecule has 0 saturated heterocycles. The summed E-state index contributed by atoms with van der Waals surface area (Å²) < 4.78 is 0. The summed E-state index contributed by atoms with van der Waals surface area (Å²) in [4.78, 5) is 2.21. The van der Waals surface area contributed by atoms with Gasteiger partial charge in [-0.1, -0.05) is 31.5 Å². The van der Waals surface area contributed by atoms with Gasteiger partial charge in [0.25, 0.3) is 0 Å². The summed E-state index contributed by atoms with van der Waals surface area (Å²) in [5, 5.41) is 13.0. The molecule has 0 fully saturated rings. The Kier molecular flexibility index (Phi) is 7.97. The molecule has 0 radical (unpaired) electrons. The SMILES string of the molecule is CC(C)NCc1ccc(N(C)CCCCCO)cc1Cl. The highest BCUT2D eigenvalue weighted by molar-refractivity contribution is 6.31. The highest BCUT2D eigenvalue weighted by Gasteiger charge is 2.06. The van der Waals surface area contributed by atoms with Crippen LogP contribution in [0.5, 0.6) is 0 Å². The fourth-order valence-electron chi connectivity index (χ4n) is 2.00. The van der Waals surface area contributed by atoms with Crippen molar-refractivity contribution in [3.8, 4) is 0 Å². The standard InChI is InChI=1S/C16H27ClN2O/c1-13(2)18-12-14-7-8-15(11-16(14)17)19(3)9-5-4-6-10-20/h7-8,11,13,18,20H,4-6,9-10,12H2,1-3H3. The summed E-state index contributed by atoms with van der Waals surface area (Å²) in [6.07, 6.45) is 3.03. The van der Waals surface area contributed by atoms with Gasteiger partial charge in [-0.05, 0) is 37.0 Å². The highest BCUT2D eigenvalue weighted by Crippen LogP contribution is 2.23. The Morgan fingerprint density at radius 1 is 1.25 bits per heavy atom. The highest BCUT2D eigenvalue weighted by atomic mass is 35.5. The van der Waals surface area contributed by atoms with E-state index < -0.39 is 0 Å². The van der Waals surface area contributed by atoms with Crippen LogP contribution < -0.4 is 10.2 Å². The predicted molar refractivity (Wildman–Crippen MR) is 87.6 cm³/mol. The molecule has 0 atom stereocenters. The normalized spacial score (nSPS) is 11.1. The number of hydrogen-bond acceptors (Lipinski definition) is 3. The summed E-state index contributed by atoms with van der Waals surface area (Å²) in [5.41, 5.74) is 2.28. The molecule has 0 aliphatic rings. The number of benzene rings is 1. The number of aliphatic hydroxyl groups excluding tert-OH is 1. The lowest BCUT2D eigenvalue weighted by molar-refractivity contribution is 0.283. The first-order valence-electron chi connectivity index (χ1n) is 7.38. The van der Waals surface area contributed by atoms with Gasteiger partial charge in [0.2, 0.25) is 0 Å². The van der Waals surface area contributed by atoms with E-state index in [1.165, 1.54) is 0 Å². The minimum atomic E-state index is 0.285. The zero-order valence-electron chi connectivity index (χ0n) is 12.8. The Bertz CT molecular complexity index is 396. The van der Waals surface area contributed by atoms with Crippen LogP contribution in [-0.4, -0.2) is 31.3 Å². The average Bonchev–Trinajstić information content (AvgIpc) is 2.41. The van der Waals surface area contributed by atoms with Crippen molar-refractivity contribution in [3.63, 3.8) is 0 Å². The molecule has 2 N–H and O–H groups in total. The molecule has 0 heterocycles. The van der Waals surface area contributed by atoms with E-state index in [2.05, 4.69) is 43.2 Å². The van der Waals surface area contributed by atoms with Gasteiger partial charge in [0, 0.05) is 43.5 Å². The monoisotopic (exact) mass is 298 g/mol. The van der Waals surface area contributed by atoms with Gasteiger partial charge in [0.05, 0.1) is 0 Å². The molecule has 1 rings (SSSR count). The summed E-state index contributed by atoms with van der Waals surface area (Å²) in [6, 6.07) is 6.71. The van der Waals surface area contributed by atoms with Gasteiger partial charge in [-0.15, -0.1) is 0 Å². The van der Waals surface area contributed by atoms with Gasteiger partial charge in [0.15, 0.2) is 0 Å². The minimum Gasteiger partial charge on any atom is -0.396 e. The van der Waals surface area contributed by atoms with Crippen LogP contribution in [-0.2, 0) is 6.54 Å². The maximum Gasteiger partial charge on any atom is 0.0471 e. The van der Waals surface area contributed by atoms with Crippen LogP contribution in [0.3, 0.4) is 0 Å². The van der Waals surface area contributed by atoms with E-state index in [1.54, 1.807) is 0 Å². The Morgan fingerprint density at radius 2 is 2.00 bits per heavy atom. The van der Waals surface area contributed by atoms with Crippen molar-refractivity contribution < 1.29 is 5.11 Å². The third kappa shape index (κ3) is 6.12. The second-order valence-corrected chi connectivity index (χ2v) is 5.92. The number of hydrogen-bond donors (Lipinski definition) is 2. The van der Waals surface area contributed by atoms with Gasteiger partial charge in [-0.3, -0.25) is 0 Å². The van der Waals surface area contributed by atoms with Crippen LogP contribution in [0.15, 0.2) is 18.2 Å². The molecule has 0 saturated carbocycles. The second kappa shape index (κ2) is 9.22. The lowest BCUT2D eigenvalue weighted by Gasteiger charge is -2.20. The van der Waals surface area contributed by atoms with Gasteiger partial charge in [-0.2, -0.15) is 0 Å². The quantitative estimate of drug-likeness (QED) is 0.686. The summed E-state index contributed by atoms with van der Waals surface area (Å²) in [5.74, 6) is 0. The molecule has 1 aromatic rings. The van der Waals surface area contributed by atoms with E-state index in [0.29, 0.717) is 6.04 Å². The molecule has 4 heteroatoms. The van der Waals surface area contributed by atoms with Gasteiger partial charge in [0.1, 0.15) is 0 Å². The van der Waals surface area contributed by atoms with E-state index in [-0.39, 0.29) is 6.61 Å². The first kappa shape index (κ1) is 17.3. The average molecular weight is 299 g/mol. The third-order valence-corrected chi connectivity index (χ3v) is 3.68. The predicted octanol–water partition coefficient (Wildman–Crippen LogP) is 3.44. The van der Waals surface area contributed by atoms with Crippen molar-refractivity contribution in [3.05, 3.63) is 28.8 Å². The first-order chi connectivity index (χ1) is 9.54. The number of aliphatic hydroxyl groups is 1. The summed E-state index contributed by atoms with van der Waals surface area (Å²) in [7, 11) is 2.08. The third-order valence-electron chi connectivity index (χ3n) is 3.33. The number of rotatable bonds is 9. The fraction of sp³-hybridized carbons (Fsp3) is 0.625. The van der Waals surface area contributed by atoms with E-state index >= 15 is 0 Å². The maximum atomic E-state index is 8.77. The molecular formula is C16H27ClN2O. The second-order valence-electron chi connectivity index (χ2n) is 5.52. The van der Waals surface area contributed by atoms with Crippen LogP contribution in [0, 0.1) is 0 Å². The van der Waals surface area contributed by atoms with Gasteiger partial charge >= 0.3 is 0 Å². The largest absolute Gasteiger partial charge is 0.396 e. The lowest BCUT2D eigenvalue weighted by Crippen LogP contribution is -2.22. The van der Waals surface area contributed by atoms with Gasteiger partial charge < -0.3 is 15.3 Å². The molecule has 3 nitrogen and oxygen atoms in total. The molecule has 114 valence electrons. The summed E-state index contributed by atoms with van der Waals surface area (Å²) >= 11 is 6.34. The molecule has 1 aromatic carbocycles. The molecule has 20 heavy (non-hydrogen) atoms. The van der Waals surface area contributed by atoms with Crippen molar-refractivity contribution in [1.82, 2.24) is 5.32 Å². The van der Waals surface area contributed by atoms with Crippen molar-refractivity contribution in [2.45, 2.75) is 45.7 Å². The maximum absolute atomic E-state index is 8.77. The van der Waals surface area contributed by atoms with Gasteiger partial charge in [-0.25, -0.2) is 0 Å². The van der Waals surface area contributed by atoms with E-state index in [0.717, 1.165) is 48.6 Å². The molecular weight excluding hydrogens is 272 g/mol. The summed E-state index contributed by atoms with van der Waals surface area (Å²) in [6.45, 7) is 6.33.